The standard InChI is InChI=1S/C40H45N3O8S2/c1-27-5-13-34(14-6-27)52(45,46)50-36-22-37(51-53(47,48)35-15-7-28(2)8-16-35)38(39(29(36)3)49-26-30-9-10-30)40(44)43-24-32-12-11-31(21-33(32)25-43)23-42-19-17-41(4)18-20-42/h5-8,11-16,21-22,30H,9-10,17-20,23-26H2,1-4H3. The van der Waals surface area contributed by atoms with Crippen LogP contribution < -0.4 is 13.1 Å². The molecule has 11 nitrogen and oxygen atoms in total. The summed E-state index contributed by atoms with van der Waals surface area (Å²) in [7, 11) is -6.73. The van der Waals surface area contributed by atoms with Gasteiger partial charge < -0.3 is 22.9 Å². The molecule has 53 heavy (non-hydrogen) atoms. The molecular weight excluding hydrogens is 715 g/mol. The summed E-state index contributed by atoms with van der Waals surface area (Å²) in [5.41, 5.74) is 5.02. The van der Waals surface area contributed by atoms with Crippen LogP contribution in [0.15, 0.2) is 82.6 Å². The predicted octanol–water partition coefficient (Wildman–Crippen LogP) is 5.84. The molecule has 1 aliphatic carbocycles. The molecule has 0 N–H and O–H groups in total. The Morgan fingerprint density at radius 1 is 0.717 bits per heavy atom. The lowest BCUT2D eigenvalue weighted by Crippen LogP contribution is -2.43. The van der Waals surface area contributed by atoms with Gasteiger partial charge in [-0.3, -0.25) is 9.69 Å². The number of ether oxygens (including phenoxy) is 1. The molecule has 2 heterocycles. The number of carbonyl (C=O) groups is 1. The van der Waals surface area contributed by atoms with Crippen LogP contribution in [0.25, 0.3) is 0 Å². The van der Waals surface area contributed by atoms with E-state index in [0.29, 0.717) is 13.1 Å². The molecule has 1 amide bonds. The third kappa shape index (κ3) is 8.38. The molecule has 7 rings (SSSR count). The molecule has 0 atom stereocenters. The molecule has 0 radical (unpaired) electrons. The lowest BCUT2D eigenvalue weighted by atomic mass is 10.1. The van der Waals surface area contributed by atoms with Gasteiger partial charge in [0.15, 0.2) is 11.5 Å². The molecule has 280 valence electrons. The van der Waals surface area contributed by atoms with Crippen molar-refractivity contribution >= 4 is 26.1 Å². The summed E-state index contributed by atoms with van der Waals surface area (Å²) in [6.45, 7) is 11.0. The van der Waals surface area contributed by atoms with Gasteiger partial charge in [-0.2, -0.15) is 16.8 Å². The first-order valence-electron chi connectivity index (χ1n) is 17.9. The van der Waals surface area contributed by atoms with E-state index in [9.17, 15) is 21.6 Å². The van der Waals surface area contributed by atoms with Gasteiger partial charge in [0.05, 0.1) is 6.61 Å². The first kappa shape index (κ1) is 36.9. The summed E-state index contributed by atoms with van der Waals surface area (Å²) in [5.74, 6) is -0.807. The van der Waals surface area contributed by atoms with E-state index >= 15 is 0 Å². The van der Waals surface area contributed by atoms with Crippen LogP contribution in [0, 0.1) is 26.7 Å². The minimum atomic E-state index is -4.49. The average molecular weight is 760 g/mol. The van der Waals surface area contributed by atoms with E-state index in [-0.39, 0.29) is 50.7 Å². The fourth-order valence-corrected chi connectivity index (χ4v) is 8.49. The summed E-state index contributed by atoms with van der Waals surface area (Å²) < 4.78 is 72.4. The Bertz CT molecular complexity index is 2230. The Morgan fingerprint density at radius 2 is 1.28 bits per heavy atom. The number of amides is 1. The van der Waals surface area contributed by atoms with Crippen LogP contribution in [0.3, 0.4) is 0 Å². The average Bonchev–Trinajstić information content (AvgIpc) is 3.85. The summed E-state index contributed by atoms with van der Waals surface area (Å²) in [6, 6.07) is 19.8. The van der Waals surface area contributed by atoms with Crippen molar-refractivity contribution in [2.75, 3.05) is 39.8 Å². The summed E-state index contributed by atoms with van der Waals surface area (Å²) in [6.07, 6.45) is 1.90. The molecule has 4 aromatic rings. The topological polar surface area (TPSA) is 123 Å². The van der Waals surface area contributed by atoms with Crippen molar-refractivity contribution in [3.05, 3.63) is 112 Å². The second kappa shape index (κ2) is 14.8. The minimum Gasteiger partial charge on any atom is -0.492 e. The molecule has 2 fully saturated rings. The Hall–Kier alpha value is -4.43. The SMILES string of the molecule is Cc1ccc(S(=O)(=O)Oc2cc(OS(=O)(=O)c3ccc(C)cc3)c(C(=O)N3Cc4ccc(CN5CCN(C)CC5)cc4C3)c(OCC3CC3)c2C)cc1. The van der Waals surface area contributed by atoms with E-state index in [0.717, 1.165) is 73.4 Å². The minimum absolute atomic E-state index is 0.0272. The highest BCUT2D eigenvalue weighted by atomic mass is 32.2. The Kier molecular flexibility index (Phi) is 10.3. The second-order valence-corrected chi connectivity index (χ2v) is 17.6. The highest BCUT2D eigenvalue weighted by Crippen LogP contribution is 2.44. The zero-order chi connectivity index (χ0) is 37.5. The van der Waals surface area contributed by atoms with Crippen LogP contribution >= 0.6 is 0 Å². The number of carbonyl (C=O) groups excluding carboxylic acids is 1. The lowest BCUT2D eigenvalue weighted by molar-refractivity contribution is 0.0744. The van der Waals surface area contributed by atoms with Crippen molar-refractivity contribution < 1.29 is 34.7 Å². The number of piperazine rings is 1. The molecule has 3 aliphatic rings. The number of aryl methyl sites for hydroxylation is 2. The van der Waals surface area contributed by atoms with E-state index in [4.69, 9.17) is 13.1 Å². The Morgan fingerprint density at radius 3 is 1.87 bits per heavy atom. The zero-order valence-electron chi connectivity index (χ0n) is 30.5. The molecule has 0 aromatic heterocycles. The fraction of sp³-hybridized carbons (Fsp3) is 0.375. The molecule has 13 heteroatoms. The van der Waals surface area contributed by atoms with Gasteiger partial charge in [0.2, 0.25) is 0 Å². The molecule has 2 aliphatic heterocycles. The molecular formula is C40H45N3O8S2. The van der Waals surface area contributed by atoms with Crippen LogP contribution in [0.1, 0.15) is 56.6 Å². The van der Waals surface area contributed by atoms with Gasteiger partial charge in [-0.05, 0) is 87.5 Å². The third-order valence-electron chi connectivity index (χ3n) is 10.1. The highest BCUT2D eigenvalue weighted by Gasteiger charge is 2.35. The number of fused-ring (bicyclic) bond motifs is 1. The maximum Gasteiger partial charge on any atom is 0.339 e. The van der Waals surface area contributed by atoms with Gasteiger partial charge >= 0.3 is 20.2 Å². The summed E-state index contributed by atoms with van der Waals surface area (Å²) in [5, 5.41) is 0. The van der Waals surface area contributed by atoms with E-state index < -0.39 is 26.1 Å². The van der Waals surface area contributed by atoms with Crippen LogP contribution in [0.4, 0.5) is 0 Å². The van der Waals surface area contributed by atoms with Crippen molar-refractivity contribution in [3.8, 4) is 17.2 Å². The number of benzene rings is 4. The van der Waals surface area contributed by atoms with Crippen molar-refractivity contribution in [1.82, 2.24) is 14.7 Å². The van der Waals surface area contributed by atoms with Gasteiger partial charge in [-0.1, -0.05) is 53.6 Å². The van der Waals surface area contributed by atoms with Gasteiger partial charge in [0.1, 0.15) is 21.1 Å². The molecule has 1 saturated heterocycles. The van der Waals surface area contributed by atoms with Crippen molar-refractivity contribution in [2.45, 2.75) is 63.0 Å². The third-order valence-corrected chi connectivity index (χ3v) is 12.6. The van der Waals surface area contributed by atoms with Crippen molar-refractivity contribution in [3.63, 3.8) is 0 Å². The number of hydrogen-bond donors (Lipinski definition) is 0. The fourth-order valence-electron chi connectivity index (χ4n) is 6.59. The van der Waals surface area contributed by atoms with Crippen LogP contribution in [0.5, 0.6) is 17.2 Å². The van der Waals surface area contributed by atoms with Gasteiger partial charge in [0, 0.05) is 57.4 Å². The van der Waals surface area contributed by atoms with Crippen LogP contribution in [-0.2, 0) is 39.9 Å². The summed E-state index contributed by atoms with van der Waals surface area (Å²) in [4.78, 5) is 20.9. The van der Waals surface area contributed by atoms with Crippen molar-refractivity contribution in [2.24, 2.45) is 5.92 Å². The smallest absolute Gasteiger partial charge is 0.339 e. The molecule has 4 aromatic carbocycles. The van der Waals surface area contributed by atoms with E-state index in [1.807, 2.05) is 13.8 Å². The van der Waals surface area contributed by atoms with Gasteiger partial charge in [-0.15, -0.1) is 0 Å². The van der Waals surface area contributed by atoms with Crippen LogP contribution in [0.2, 0.25) is 0 Å². The number of nitrogens with zero attached hydrogens (tertiary/aromatic N) is 3. The molecule has 0 spiro atoms. The molecule has 0 bridgehead atoms. The van der Waals surface area contributed by atoms with Crippen LogP contribution in [-0.4, -0.2) is 77.3 Å². The van der Waals surface area contributed by atoms with Crippen molar-refractivity contribution in [1.29, 1.82) is 0 Å². The molecule has 1 saturated carbocycles. The largest absolute Gasteiger partial charge is 0.492 e. The maximum atomic E-state index is 14.7. The monoisotopic (exact) mass is 759 g/mol. The quantitative estimate of drug-likeness (QED) is 0.163. The normalized spacial score (nSPS) is 16.7. The van der Waals surface area contributed by atoms with E-state index in [1.54, 1.807) is 36.1 Å². The second-order valence-electron chi connectivity index (χ2n) is 14.5. The first-order valence-corrected chi connectivity index (χ1v) is 20.7. The highest BCUT2D eigenvalue weighted by molar-refractivity contribution is 7.87. The number of rotatable bonds is 12. The maximum absolute atomic E-state index is 14.7. The van der Waals surface area contributed by atoms with Gasteiger partial charge in [-0.25, -0.2) is 0 Å². The van der Waals surface area contributed by atoms with E-state index in [1.165, 1.54) is 30.3 Å². The first-order chi connectivity index (χ1) is 25.3. The number of likely N-dealkylation sites (N-methyl/N-ethyl adjacent to an activating group) is 1. The Balaban J connectivity index is 1.26. The Labute approximate surface area is 312 Å². The number of hydrogen-bond acceptors (Lipinski definition) is 10. The zero-order valence-corrected chi connectivity index (χ0v) is 32.1. The lowest BCUT2D eigenvalue weighted by Gasteiger charge is -2.32. The predicted molar refractivity (Wildman–Crippen MR) is 200 cm³/mol. The summed E-state index contributed by atoms with van der Waals surface area (Å²) >= 11 is 0. The van der Waals surface area contributed by atoms with Gasteiger partial charge in [0.25, 0.3) is 5.91 Å². The molecule has 0 unspecified atom stereocenters. The van der Waals surface area contributed by atoms with E-state index in [2.05, 4.69) is 35.0 Å².